The topological polar surface area (TPSA) is 113 Å². The summed E-state index contributed by atoms with van der Waals surface area (Å²) in [5.41, 5.74) is -0.514. The number of carbonyl (C=O) groups excluding carboxylic acids is 3. The molecule has 1 aromatic heterocycles. The van der Waals surface area contributed by atoms with Crippen LogP contribution in [-0.2, 0) is 33.5 Å². The highest BCUT2D eigenvalue weighted by atomic mass is 32.2. The summed E-state index contributed by atoms with van der Waals surface area (Å²) in [5.74, 6) is -8.33. The normalized spacial score (nSPS) is 18.0. The number of benzene rings is 1. The summed E-state index contributed by atoms with van der Waals surface area (Å²) in [6, 6.07) is 0.655. The van der Waals surface area contributed by atoms with Crippen molar-refractivity contribution in [3.8, 4) is 0 Å². The number of anilines is 1. The van der Waals surface area contributed by atoms with E-state index in [1.165, 1.54) is 16.5 Å². The van der Waals surface area contributed by atoms with Crippen molar-refractivity contribution in [3.63, 3.8) is 0 Å². The highest BCUT2D eigenvalue weighted by Crippen LogP contribution is 2.31. The zero-order valence-corrected chi connectivity index (χ0v) is 19.9. The maximum Gasteiger partial charge on any atom is 0.311 e. The number of likely N-dealkylation sites (N-methyl/N-ethyl adjacent to an activating group) is 1. The first-order chi connectivity index (χ1) is 17.1. The Labute approximate surface area is 205 Å². The van der Waals surface area contributed by atoms with Crippen molar-refractivity contribution in [1.29, 1.82) is 0 Å². The Hall–Kier alpha value is -3.26. The predicted molar refractivity (Wildman–Crippen MR) is 120 cm³/mol. The van der Waals surface area contributed by atoms with Crippen molar-refractivity contribution in [1.82, 2.24) is 19.5 Å². The van der Waals surface area contributed by atoms with Gasteiger partial charge in [-0.15, -0.1) is 0 Å². The van der Waals surface area contributed by atoms with Crippen molar-refractivity contribution in [2.75, 3.05) is 25.5 Å². The van der Waals surface area contributed by atoms with Crippen molar-refractivity contribution < 1.29 is 36.2 Å². The summed E-state index contributed by atoms with van der Waals surface area (Å²) in [6.07, 6.45) is 2.01. The molecule has 2 unspecified atom stereocenters. The summed E-state index contributed by atoms with van der Waals surface area (Å²) in [7, 11) is -0.771. The molecule has 0 spiro atoms. The Morgan fingerprint density at radius 2 is 1.72 bits per heavy atom. The van der Waals surface area contributed by atoms with E-state index < -0.39 is 69.4 Å². The van der Waals surface area contributed by atoms with E-state index in [4.69, 9.17) is 0 Å². The number of nitrogens with zero attached hydrogens (tertiary/aromatic N) is 2. The van der Waals surface area contributed by atoms with Gasteiger partial charge in [0.25, 0.3) is 5.91 Å². The van der Waals surface area contributed by atoms with Crippen molar-refractivity contribution in [2.24, 2.45) is 0 Å². The minimum absolute atomic E-state index is 0.0880. The molecule has 0 aliphatic carbocycles. The van der Waals surface area contributed by atoms with Gasteiger partial charge in [-0.3, -0.25) is 14.4 Å². The van der Waals surface area contributed by atoms with Crippen LogP contribution in [0.4, 0.5) is 23.2 Å². The zero-order valence-electron chi connectivity index (χ0n) is 19.1. The van der Waals surface area contributed by atoms with Gasteiger partial charge >= 0.3 is 11.8 Å². The molecule has 4 rings (SSSR count). The van der Waals surface area contributed by atoms with Crippen LogP contribution < -0.4 is 15.4 Å². The first kappa shape index (κ1) is 25.8. The van der Waals surface area contributed by atoms with Gasteiger partial charge < -0.3 is 20.1 Å². The molecule has 2 atom stereocenters. The van der Waals surface area contributed by atoms with Gasteiger partial charge in [0.05, 0.1) is 0 Å². The van der Waals surface area contributed by atoms with E-state index >= 15 is 4.39 Å². The van der Waals surface area contributed by atoms with Gasteiger partial charge in [-0.25, -0.2) is 26.5 Å². The molecule has 9 nitrogen and oxygen atoms in total. The van der Waals surface area contributed by atoms with Gasteiger partial charge in [-0.1, -0.05) is 0 Å². The monoisotopic (exact) mass is 529 g/mol. The van der Waals surface area contributed by atoms with E-state index in [0.717, 1.165) is 0 Å². The molecule has 14 heteroatoms. The van der Waals surface area contributed by atoms with Gasteiger partial charge in [0.2, 0.25) is 0 Å². The van der Waals surface area contributed by atoms with Gasteiger partial charge in [0.1, 0.15) is 21.6 Å². The van der Waals surface area contributed by atoms with E-state index in [1.807, 2.05) is 0 Å². The molecule has 194 valence electrons. The Bertz CT molecular complexity index is 1240. The van der Waals surface area contributed by atoms with E-state index in [9.17, 15) is 31.8 Å². The molecule has 2 aromatic rings. The molecular formula is C22H23F4N5O4S. The number of likely N-dealkylation sites (tertiary alicyclic amines) is 1. The molecule has 2 aliphatic rings. The minimum atomic E-state index is -2.10. The first-order valence-electron chi connectivity index (χ1n) is 11.2. The molecule has 1 saturated heterocycles. The standard InChI is InChI=1S/C22H23F4N5O4S/c1-27-21(33)22(34)30-7-5-11(10-30)29-36(35)19-15-4-2-3-6-31(15)18(17(19)26)20(32)28-12-8-13(23)16(25)14(24)9-12/h8-9,11,29H,2-7,10H2,1H3,(H,27,33)(H,28,32). The molecule has 1 fully saturated rings. The fraction of sp³-hybridized carbons (Fsp3) is 0.409. The quantitative estimate of drug-likeness (QED) is 0.310. The molecular weight excluding hydrogens is 506 g/mol. The minimum Gasteiger partial charge on any atom is -0.351 e. The third kappa shape index (κ3) is 4.87. The van der Waals surface area contributed by atoms with E-state index in [0.29, 0.717) is 43.5 Å². The highest BCUT2D eigenvalue weighted by molar-refractivity contribution is 7.83. The van der Waals surface area contributed by atoms with Crippen molar-refractivity contribution >= 4 is 34.4 Å². The molecule has 0 bridgehead atoms. The SMILES string of the molecule is CNC(=O)C(=O)N1CCC(NS(=O)c2c(F)c(C(=O)Nc3cc(F)c(F)c(F)c3)n3c2CCCC3)C1. The highest BCUT2D eigenvalue weighted by Gasteiger charge is 2.35. The van der Waals surface area contributed by atoms with Crippen LogP contribution in [0.3, 0.4) is 0 Å². The predicted octanol–water partition coefficient (Wildman–Crippen LogP) is 1.59. The van der Waals surface area contributed by atoms with Crippen LogP contribution in [0.15, 0.2) is 17.0 Å². The lowest BCUT2D eigenvalue weighted by molar-refractivity contribution is -0.144. The van der Waals surface area contributed by atoms with Gasteiger partial charge in [-0.05, 0) is 25.7 Å². The van der Waals surface area contributed by atoms with Crippen molar-refractivity contribution in [2.45, 2.75) is 43.2 Å². The molecule has 0 radical (unpaired) electrons. The molecule has 0 saturated carbocycles. The van der Waals surface area contributed by atoms with Crippen LogP contribution in [-0.4, -0.2) is 57.6 Å². The first-order valence-corrected chi connectivity index (χ1v) is 12.3. The summed E-state index contributed by atoms with van der Waals surface area (Å²) in [4.78, 5) is 37.6. The van der Waals surface area contributed by atoms with E-state index in [1.54, 1.807) is 0 Å². The Morgan fingerprint density at radius 3 is 2.39 bits per heavy atom. The Morgan fingerprint density at radius 1 is 1.03 bits per heavy atom. The van der Waals surface area contributed by atoms with E-state index in [2.05, 4.69) is 15.4 Å². The van der Waals surface area contributed by atoms with Crippen LogP contribution in [0, 0.1) is 23.3 Å². The Kier molecular flexibility index (Phi) is 7.45. The smallest absolute Gasteiger partial charge is 0.311 e. The number of rotatable bonds is 5. The number of nitrogens with one attached hydrogen (secondary N) is 3. The number of hydrogen-bond donors (Lipinski definition) is 3. The largest absolute Gasteiger partial charge is 0.351 e. The number of aromatic nitrogens is 1. The lowest BCUT2D eigenvalue weighted by atomic mass is 10.1. The van der Waals surface area contributed by atoms with E-state index in [-0.39, 0.29) is 24.5 Å². The van der Waals surface area contributed by atoms with Crippen LogP contribution in [0.2, 0.25) is 0 Å². The second-order valence-corrected chi connectivity index (χ2v) is 9.64. The summed E-state index contributed by atoms with van der Waals surface area (Å²) >= 11 is 0. The lowest BCUT2D eigenvalue weighted by Gasteiger charge is -2.19. The van der Waals surface area contributed by atoms with Crippen LogP contribution in [0.25, 0.3) is 0 Å². The number of amides is 3. The number of halogens is 4. The molecule has 36 heavy (non-hydrogen) atoms. The van der Waals surface area contributed by atoms with Crippen LogP contribution >= 0.6 is 0 Å². The molecule has 3 amide bonds. The summed E-state index contributed by atoms with van der Waals surface area (Å²) in [6.45, 7) is 0.594. The maximum absolute atomic E-state index is 15.6. The average Bonchev–Trinajstić information content (AvgIpc) is 3.42. The molecule has 2 aliphatic heterocycles. The number of carbonyl (C=O) groups is 3. The third-order valence-corrected chi connectivity index (χ3v) is 7.46. The second-order valence-electron chi connectivity index (χ2n) is 8.46. The van der Waals surface area contributed by atoms with Gasteiger partial charge in [0, 0.05) is 56.2 Å². The Balaban J connectivity index is 1.56. The fourth-order valence-corrected chi connectivity index (χ4v) is 5.70. The molecule has 3 heterocycles. The molecule has 1 aromatic carbocycles. The van der Waals surface area contributed by atoms with Gasteiger partial charge in [0.15, 0.2) is 23.3 Å². The fourth-order valence-electron chi connectivity index (χ4n) is 4.40. The lowest BCUT2D eigenvalue weighted by Crippen LogP contribution is -2.42. The average molecular weight is 530 g/mol. The van der Waals surface area contributed by atoms with Crippen LogP contribution in [0.1, 0.15) is 35.4 Å². The maximum atomic E-state index is 15.6. The number of fused-ring (bicyclic) bond motifs is 1. The van der Waals surface area contributed by atoms with Crippen molar-refractivity contribution in [3.05, 3.63) is 46.8 Å². The third-order valence-electron chi connectivity index (χ3n) is 6.12. The number of hydrogen-bond acceptors (Lipinski definition) is 4. The summed E-state index contributed by atoms with van der Waals surface area (Å²) in [5, 5.41) is 4.41. The molecule has 3 N–H and O–H groups in total. The van der Waals surface area contributed by atoms with Gasteiger partial charge in [-0.2, -0.15) is 0 Å². The zero-order chi connectivity index (χ0) is 26.1. The summed E-state index contributed by atoms with van der Waals surface area (Å²) < 4.78 is 73.2. The van der Waals surface area contributed by atoms with Crippen LogP contribution in [0.5, 0.6) is 0 Å². The second kappa shape index (κ2) is 10.4.